The van der Waals surface area contributed by atoms with Crippen molar-refractivity contribution >= 4 is 21.1 Å². The fourth-order valence-corrected chi connectivity index (χ4v) is 2.74. The van der Waals surface area contributed by atoms with Gasteiger partial charge in [-0.15, -0.1) is 0 Å². The highest BCUT2D eigenvalue weighted by Gasteiger charge is 2.16. The van der Waals surface area contributed by atoms with Crippen LogP contribution in [0, 0.1) is 0 Å². The van der Waals surface area contributed by atoms with Crippen molar-refractivity contribution in [1.82, 2.24) is 19.7 Å². The van der Waals surface area contributed by atoms with Gasteiger partial charge < -0.3 is 9.40 Å². The fourth-order valence-electron chi connectivity index (χ4n) is 1.73. The van der Waals surface area contributed by atoms with Gasteiger partial charge in [-0.25, -0.2) is 22.9 Å². The molecule has 0 saturated heterocycles. The van der Waals surface area contributed by atoms with Gasteiger partial charge in [0.25, 0.3) is 0 Å². The lowest BCUT2D eigenvalue weighted by Gasteiger charge is -2.04. The van der Waals surface area contributed by atoms with Gasteiger partial charge in [-0.3, -0.25) is 4.98 Å². The number of benzene rings is 1. The van der Waals surface area contributed by atoms with E-state index in [4.69, 9.17) is 4.42 Å². The zero-order valence-electron chi connectivity index (χ0n) is 10.1. The van der Waals surface area contributed by atoms with Crippen molar-refractivity contribution in [2.45, 2.75) is 11.4 Å². The van der Waals surface area contributed by atoms with E-state index in [1.807, 2.05) is 0 Å². The summed E-state index contributed by atoms with van der Waals surface area (Å²) < 4.78 is 31.4. The van der Waals surface area contributed by atoms with Crippen molar-refractivity contribution in [1.29, 1.82) is 0 Å². The van der Waals surface area contributed by atoms with Crippen LogP contribution in [-0.2, 0) is 16.6 Å². The largest absolute Gasteiger partial charge is 0.417 e. The highest BCUT2D eigenvalue weighted by molar-refractivity contribution is 7.89. The van der Waals surface area contributed by atoms with E-state index >= 15 is 0 Å². The van der Waals surface area contributed by atoms with E-state index in [9.17, 15) is 13.2 Å². The van der Waals surface area contributed by atoms with Crippen molar-refractivity contribution in [2.24, 2.45) is 0 Å². The van der Waals surface area contributed by atoms with Crippen LogP contribution in [0.2, 0.25) is 0 Å². The zero-order valence-corrected chi connectivity index (χ0v) is 10.9. The summed E-state index contributed by atoms with van der Waals surface area (Å²) in [7, 11) is -3.70. The number of hydrogen-bond donors (Lipinski definition) is 3. The van der Waals surface area contributed by atoms with Crippen molar-refractivity contribution in [3.63, 3.8) is 0 Å². The van der Waals surface area contributed by atoms with Gasteiger partial charge in [0, 0.05) is 18.5 Å². The second kappa shape index (κ2) is 4.62. The molecular weight excluding hydrogens is 284 g/mol. The van der Waals surface area contributed by atoms with Crippen LogP contribution in [0.15, 0.2) is 44.7 Å². The van der Waals surface area contributed by atoms with Crippen LogP contribution in [0.3, 0.4) is 0 Å². The van der Waals surface area contributed by atoms with Gasteiger partial charge in [-0.1, -0.05) is 0 Å². The highest BCUT2D eigenvalue weighted by Crippen LogP contribution is 2.16. The Morgan fingerprint density at radius 1 is 1.35 bits per heavy atom. The van der Waals surface area contributed by atoms with Gasteiger partial charge in [-0.2, -0.15) is 0 Å². The molecule has 2 aromatic heterocycles. The second-order valence-electron chi connectivity index (χ2n) is 4.03. The highest BCUT2D eigenvalue weighted by atomic mass is 32.2. The van der Waals surface area contributed by atoms with Crippen LogP contribution in [0.5, 0.6) is 0 Å². The van der Waals surface area contributed by atoms with Crippen molar-refractivity contribution in [3.05, 3.63) is 47.0 Å². The Morgan fingerprint density at radius 3 is 2.95 bits per heavy atom. The Hall–Kier alpha value is -2.39. The maximum Gasteiger partial charge on any atom is 0.417 e. The molecule has 0 aliphatic heterocycles. The molecule has 3 aromatic rings. The molecule has 3 N–H and O–H groups in total. The number of nitrogens with zero attached hydrogens (tertiary/aromatic N) is 1. The molecule has 0 unspecified atom stereocenters. The van der Waals surface area contributed by atoms with Crippen LogP contribution in [0.1, 0.15) is 5.82 Å². The monoisotopic (exact) mass is 294 g/mol. The topological polar surface area (TPSA) is 121 Å². The number of sulfonamides is 1. The second-order valence-corrected chi connectivity index (χ2v) is 5.80. The van der Waals surface area contributed by atoms with E-state index < -0.39 is 15.8 Å². The van der Waals surface area contributed by atoms with Gasteiger partial charge >= 0.3 is 5.76 Å². The molecular formula is C11H10N4O4S. The van der Waals surface area contributed by atoms with E-state index in [1.165, 1.54) is 24.4 Å². The van der Waals surface area contributed by atoms with Crippen LogP contribution in [-0.4, -0.2) is 23.4 Å². The van der Waals surface area contributed by atoms with E-state index in [0.29, 0.717) is 11.3 Å². The van der Waals surface area contributed by atoms with E-state index in [0.717, 1.165) is 0 Å². The van der Waals surface area contributed by atoms with Crippen LogP contribution < -0.4 is 10.5 Å². The lowest BCUT2D eigenvalue weighted by atomic mass is 10.3. The first-order chi connectivity index (χ1) is 9.54. The molecule has 0 aliphatic carbocycles. The first kappa shape index (κ1) is 12.6. The third-order valence-electron chi connectivity index (χ3n) is 2.69. The first-order valence-electron chi connectivity index (χ1n) is 5.65. The Bertz CT molecular complexity index is 892. The molecule has 8 nitrogen and oxygen atoms in total. The molecule has 0 amide bonds. The number of aromatic amines is 2. The Kier molecular flexibility index (Phi) is 2.92. The lowest BCUT2D eigenvalue weighted by molar-refractivity contribution is 0.553. The van der Waals surface area contributed by atoms with Gasteiger partial charge in [0.05, 0.1) is 17.0 Å². The van der Waals surface area contributed by atoms with E-state index in [2.05, 4.69) is 19.7 Å². The van der Waals surface area contributed by atoms with Gasteiger partial charge in [0.2, 0.25) is 10.0 Å². The van der Waals surface area contributed by atoms with E-state index in [1.54, 1.807) is 6.20 Å². The Balaban J connectivity index is 1.90. The van der Waals surface area contributed by atoms with Crippen LogP contribution in [0.4, 0.5) is 0 Å². The summed E-state index contributed by atoms with van der Waals surface area (Å²) in [6, 6.07) is 4.15. The average molecular weight is 294 g/mol. The zero-order chi connectivity index (χ0) is 14.2. The molecule has 0 atom stereocenters. The van der Waals surface area contributed by atoms with Crippen molar-refractivity contribution in [2.75, 3.05) is 0 Å². The molecule has 0 spiro atoms. The minimum absolute atomic E-state index is 0.0132. The minimum Gasteiger partial charge on any atom is -0.408 e. The predicted molar refractivity (Wildman–Crippen MR) is 69.4 cm³/mol. The molecule has 9 heteroatoms. The molecule has 0 saturated carbocycles. The standard InChI is InChI=1S/C11H10N4O4S/c16-11-15-8-2-1-7(5-9(8)19-11)20(17,18)14-6-10-12-3-4-13-10/h1-5,14H,6H2,(H,12,13)(H,15,16). The molecule has 3 rings (SSSR count). The maximum atomic E-state index is 12.1. The summed E-state index contributed by atoms with van der Waals surface area (Å²) in [6.45, 7) is 0.0461. The van der Waals surface area contributed by atoms with Gasteiger partial charge in [-0.05, 0) is 12.1 Å². The number of aromatic nitrogens is 3. The number of imidazole rings is 1. The summed E-state index contributed by atoms with van der Waals surface area (Å²) in [5, 5.41) is 0. The third kappa shape index (κ3) is 2.36. The summed E-state index contributed by atoms with van der Waals surface area (Å²) in [4.78, 5) is 20.2. The van der Waals surface area contributed by atoms with Crippen molar-refractivity contribution < 1.29 is 12.8 Å². The first-order valence-corrected chi connectivity index (χ1v) is 7.14. The molecule has 0 radical (unpaired) electrons. The molecule has 1 aromatic carbocycles. The number of rotatable bonds is 4. The van der Waals surface area contributed by atoms with E-state index in [-0.39, 0.29) is 17.0 Å². The normalized spacial score (nSPS) is 12.0. The quantitative estimate of drug-likeness (QED) is 0.640. The predicted octanol–water partition coefficient (Wildman–Crippen LogP) is 0.323. The SMILES string of the molecule is O=c1[nH]c2ccc(S(=O)(=O)NCc3ncc[nH]3)cc2o1. The smallest absolute Gasteiger partial charge is 0.408 e. The molecule has 104 valence electrons. The summed E-state index contributed by atoms with van der Waals surface area (Å²) in [5.74, 6) is -0.124. The maximum absolute atomic E-state index is 12.1. The number of fused-ring (bicyclic) bond motifs is 1. The van der Waals surface area contributed by atoms with Gasteiger partial charge in [0.15, 0.2) is 5.58 Å². The molecule has 0 aliphatic rings. The van der Waals surface area contributed by atoms with Crippen molar-refractivity contribution in [3.8, 4) is 0 Å². The van der Waals surface area contributed by atoms with Crippen LogP contribution in [0.25, 0.3) is 11.1 Å². The minimum atomic E-state index is -3.70. The summed E-state index contributed by atoms with van der Waals surface area (Å²) in [6.07, 6.45) is 3.13. The number of H-pyrrole nitrogens is 2. The Labute approximate surface area is 112 Å². The molecule has 0 fully saturated rings. The fraction of sp³-hybridized carbons (Fsp3) is 0.0909. The average Bonchev–Trinajstić information content (AvgIpc) is 3.03. The lowest BCUT2D eigenvalue weighted by Crippen LogP contribution is -2.23. The molecule has 2 heterocycles. The summed E-state index contributed by atoms with van der Waals surface area (Å²) in [5.41, 5.74) is 0.635. The number of oxazole rings is 1. The van der Waals surface area contributed by atoms with Gasteiger partial charge in [0.1, 0.15) is 5.82 Å². The summed E-state index contributed by atoms with van der Waals surface area (Å²) >= 11 is 0. The Morgan fingerprint density at radius 2 is 2.20 bits per heavy atom. The number of hydrogen-bond acceptors (Lipinski definition) is 5. The van der Waals surface area contributed by atoms with Crippen LogP contribution >= 0.6 is 0 Å². The number of nitrogens with one attached hydrogen (secondary N) is 3. The molecule has 0 bridgehead atoms. The third-order valence-corrected chi connectivity index (χ3v) is 4.09. The molecule has 20 heavy (non-hydrogen) atoms.